The highest BCUT2D eigenvalue weighted by Gasteiger charge is 2.13. The van der Waals surface area contributed by atoms with Gasteiger partial charge < -0.3 is 0 Å². The Kier molecular flexibility index (Phi) is 5.75. The molecule has 0 aliphatic rings. The second-order valence-electron chi connectivity index (χ2n) is 5.88. The van der Waals surface area contributed by atoms with Crippen molar-refractivity contribution in [1.29, 1.82) is 0 Å². The lowest BCUT2D eigenvalue weighted by Crippen LogP contribution is -2.46. The van der Waals surface area contributed by atoms with E-state index in [1.807, 2.05) is 35.4 Å². The smallest absolute Gasteiger partial charge is 0.0538 e. The Bertz CT molecular complexity index is 672. The zero-order valence-electron chi connectivity index (χ0n) is 13.8. The van der Waals surface area contributed by atoms with Crippen LogP contribution in [0.25, 0.3) is 0 Å². The molecule has 3 aromatic carbocycles. The van der Waals surface area contributed by atoms with Crippen LogP contribution in [0.1, 0.15) is 16.7 Å². The van der Waals surface area contributed by atoms with E-state index in [2.05, 4.69) is 65.7 Å². The Hall–Kier alpha value is -2.46. The summed E-state index contributed by atoms with van der Waals surface area (Å²) in [5.74, 6) is 6.40. The minimum absolute atomic E-state index is 0.681. The first kappa shape index (κ1) is 16.4. The standard InChI is InChI=1S/C21H23N3/c22-24(18-21-14-8-3-9-15-21)23(16-19-10-4-1-5-11-19)17-20-12-6-2-7-13-20/h1-15H,16-18,22H2. The molecular weight excluding hydrogens is 294 g/mol. The van der Waals surface area contributed by atoms with E-state index in [1.54, 1.807) is 0 Å². The van der Waals surface area contributed by atoms with Crippen LogP contribution in [0.2, 0.25) is 0 Å². The third kappa shape index (κ3) is 4.77. The molecule has 0 saturated heterocycles. The van der Waals surface area contributed by atoms with Crippen molar-refractivity contribution < 1.29 is 0 Å². The van der Waals surface area contributed by atoms with Crippen LogP contribution in [0.3, 0.4) is 0 Å². The molecule has 3 nitrogen and oxygen atoms in total. The highest BCUT2D eigenvalue weighted by molar-refractivity contribution is 5.17. The molecule has 0 amide bonds. The minimum Gasteiger partial charge on any atom is -0.255 e. The molecule has 0 saturated carbocycles. The molecule has 24 heavy (non-hydrogen) atoms. The van der Waals surface area contributed by atoms with Crippen LogP contribution in [0, 0.1) is 0 Å². The van der Waals surface area contributed by atoms with Gasteiger partial charge >= 0.3 is 0 Å². The molecule has 0 heterocycles. The third-order valence-electron chi connectivity index (χ3n) is 3.97. The van der Waals surface area contributed by atoms with Crippen molar-refractivity contribution in [2.45, 2.75) is 19.6 Å². The molecule has 0 bridgehead atoms. The van der Waals surface area contributed by atoms with E-state index >= 15 is 0 Å². The number of hydrazine groups is 2. The molecule has 0 aliphatic carbocycles. The Morgan fingerprint density at radius 1 is 0.500 bits per heavy atom. The Labute approximate surface area is 143 Å². The van der Waals surface area contributed by atoms with Crippen LogP contribution < -0.4 is 5.84 Å². The predicted molar refractivity (Wildman–Crippen MR) is 98.3 cm³/mol. The molecule has 0 unspecified atom stereocenters. The minimum atomic E-state index is 0.681. The maximum absolute atomic E-state index is 6.40. The van der Waals surface area contributed by atoms with Gasteiger partial charge in [0.1, 0.15) is 0 Å². The molecule has 0 fully saturated rings. The highest BCUT2D eigenvalue weighted by atomic mass is 15.7. The summed E-state index contributed by atoms with van der Waals surface area (Å²) in [4.78, 5) is 0. The van der Waals surface area contributed by atoms with Crippen LogP contribution in [0.5, 0.6) is 0 Å². The Morgan fingerprint density at radius 3 is 1.21 bits per heavy atom. The van der Waals surface area contributed by atoms with Gasteiger partial charge in [0.15, 0.2) is 0 Å². The summed E-state index contributed by atoms with van der Waals surface area (Å²) in [6, 6.07) is 31.2. The van der Waals surface area contributed by atoms with Gasteiger partial charge in [-0.1, -0.05) is 91.0 Å². The summed E-state index contributed by atoms with van der Waals surface area (Å²) >= 11 is 0. The SMILES string of the molecule is NN(Cc1ccccc1)N(Cc1ccccc1)Cc1ccccc1. The van der Waals surface area contributed by atoms with Crippen LogP contribution in [0.15, 0.2) is 91.0 Å². The van der Waals surface area contributed by atoms with Crippen LogP contribution >= 0.6 is 0 Å². The molecule has 0 aliphatic heterocycles. The first-order chi connectivity index (χ1) is 11.8. The number of hydrogen-bond acceptors (Lipinski definition) is 3. The van der Waals surface area contributed by atoms with Gasteiger partial charge in [0, 0.05) is 13.1 Å². The van der Waals surface area contributed by atoms with Crippen molar-refractivity contribution in [2.75, 3.05) is 0 Å². The topological polar surface area (TPSA) is 32.5 Å². The fourth-order valence-corrected chi connectivity index (χ4v) is 2.70. The molecule has 0 spiro atoms. The molecular formula is C21H23N3. The average molecular weight is 317 g/mol. The van der Waals surface area contributed by atoms with E-state index in [4.69, 9.17) is 5.84 Å². The maximum atomic E-state index is 6.40. The van der Waals surface area contributed by atoms with Crippen LogP contribution in [-0.2, 0) is 19.6 Å². The summed E-state index contributed by atoms with van der Waals surface area (Å²) in [6.45, 7) is 2.23. The van der Waals surface area contributed by atoms with Crippen molar-refractivity contribution in [2.24, 2.45) is 5.84 Å². The first-order valence-electron chi connectivity index (χ1n) is 8.20. The summed E-state index contributed by atoms with van der Waals surface area (Å²) in [5.41, 5.74) is 3.69. The van der Waals surface area contributed by atoms with Crippen LogP contribution in [-0.4, -0.2) is 10.1 Å². The van der Waals surface area contributed by atoms with Gasteiger partial charge in [-0.2, -0.15) is 5.12 Å². The van der Waals surface area contributed by atoms with Gasteiger partial charge in [-0.05, 0) is 16.7 Å². The normalized spacial score (nSPS) is 11.1. The Morgan fingerprint density at radius 2 is 0.833 bits per heavy atom. The number of rotatable bonds is 7. The van der Waals surface area contributed by atoms with Gasteiger partial charge in [0.05, 0.1) is 6.54 Å². The molecule has 3 heteroatoms. The molecule has 3 aromatic rings. The van der Waals surface area contributed by atoms with Crippen molar-refractivity contribution >= 4 is 0 Å². The summed E-state index contributed by atoms with van der Waals surface area (Å²) in [6.07, 6.45) is 0. The van der Waals surface area contributed by atoms with Crippen molar-refractivity contribution in [3.05, 3.63) is 108 Å². The van der Waals surface area contributed by atoms with Crippen molar-refractivity contribution in [3.63, 3.8) is 0 Å². The second-order valence-corrected chi connectivity index (χ2v) is 5.88. The van der Waals surface area contributed by atoms with Gasteiger partial charge in [-0.15, -0.1) is 0 Å². The molecule has 3 rings (SSSR count). The number of hydrogen-bond donors (Lipinski definition) is 1. The van der Waals surface area contributed by atoms with Gasteiger partial charge in [-0.3, -0.25) is 5.84 Å². The lowest BCUT2D eigenvalue weighted by atomic mass is 10.2. The molecule has 0 radical (unpaired) electrons. The second kappa shape index (κ2) is 8.41. The first-order valence-corrected chi connectivity index (χ1v) is 8.20. The lowest BCUT2D eigenvalue weighted by Gasteiger charge is -2.31. The van der Waals surface area contributed by atoms with Crippen LogP contribution in [0.4, 0.5) is 0 Å². The van der Waals surface area contributed by atoms with Gasteiger partial charge in [-0.25, -0.2) is 5.01 Å². The lowest BCUT2D eigenvalue weighted by molar-refractivity contribution is -0.0511. The Balaban J connectivity index is 1.75. The molecule has 0 atom stereocenters. The van der Waals surface area contributed by atoms with E-state index in [0.29, 0.717) is 6.54 Å². The number of benzene rings is 3. The third-order valence-corrected chi connectivity index (χ3v) is 3.97. The average Bonchev–Trinajstić information content (AvgIpc) is 2.64. The van der Waals surface area contributed by atoms with Gasteiger partial charge in [0.25, 0.3) is 0 Å². The zero-order chi connectivity index (χ0) is 16.6. The molecule has 0 aromatic heterocycles. The summed E-state index contributed by atoms with van der Waals surface area (Å²) in [5, 5.41) is 3.99. The number of nitrogens with zero attached hydrogens (tertiary/aromatic N) is 2. The van der Waals surface area contributed by atoms with Crippen molar-refractivity contribution in [1.82, 2.24) is 10.1 Å². The van der Waals surface area contributed by atoms with Gasteiger partial charge in [0.2, 0.25) is 0 Å². The van der Waals surface area contributed by atoms with E-state index in [-0.39, 0.29) is 0 Å². The largest absolute Gasteiger partial charge is 0.255 e. The fraction of sp³-hybridized carbons (Fsp3) is 0.143. The van der Waals surface area contributed by atoms with E-state index in [9.17, 15) is 0 Å². The highest BCUT2D eigenvalue weighted by Crippen LogP contribution is 2.13. The monoisotopic (exact) mass is 317 g/mol. The quantitative estimate of drug-likeness (QED) is 0.528. The maximum Gasteiger partial charge on any atom is 0.0538 e. The van der Waals surface area contributed by atoms with E-state index in [1.165, 1.54) is 16.7 Å². The van der Waals surface area contributed by atoms with E-state index in [0.717, 1.165) is 13.1 Å². The number of nitrogens with two attached hydrogens (primary N) is 1. The van der Waals surface area contributed by atoms with Crippen molar-refractivity contribution in [3.8, 4) is 0 Å². The fourth-order valence-electron chi connectivity index (χ4n) is 2.70. The van der Waals surface area contributed by atoms with E-state index < -0.39 is 0 Å². The molecule has 2 N–H and O–H groups in total. The predicted octanol–water partition coefficient (Wildman–Crippen LogP) is 3.98. The summed E-state index contributed by atoms with van der Waals surface area (Å²) < 4.78 is 0. The molecule has 122 valence electrons. The zero-order valence-corrected chi connectivity index (χ0v) is 13.8. The summed E-state index contributed by atoms with van der Waals surface area (Å²) in [7, 11) is 0.